The summed E-state index contributed by atoms with van der Waals surface area (Å²) in [6.45, 7) is 2.75. The van der Waals surface area contributed by atoms with Gasteiger partial charge in [0.25, 0.3) is 0 Å². The standard InChI is InChI=1S/C10H11NO2/c1-6-4-7-2-3-11-9(7)5-8(6)10(12)13/h4-5,11H,2-3H2,1H3,(H,12,13). The zero-order valence-electron chi connectivity index (χ0n) is 7.42. The molecule has 0 bridgehead atoms. The molecule has 1 aliphatic rings. The van der Waals surface area contributed by atoms with E-state index >= 15 is 0 Å². The number of hydrogen-bond donors (Lipinski definition) is 2. The van der Waals surface area contributed by atoms with Gasteiger partial charge < -0.3 is 10.4 Å². The van der Waals surface area contributed by atoms with Gasteiger partial charge in [0.05, 0.1) is 5.56 Å². The topological polar surface area (TPSA) is 49.3 Å². The summed E-state index contributed by atoms with van der Waals surface area (Å²) < 4.78 is 0. The van der Waals surface area contributed by atoms with Crippen LogP contribution in [-0.2, 0) is 6.42 Å². The van der Waals surface area contributed by atoms with Crippen LogP contribution in [0, 0.1) is 6.92 Å². The number of anilines is 1. The quantitative estimate of drug-likeness (QED) is 0.685. The third-order valence-electron chi connectivity index (χ3n) is 2.39. The van der Waals surface area contributed by atoms with Crippen molar-refractivity contribution in [3.63, 3.8) is 0 Å². The summed E-state index contributed by atoms with van der Waals surface area (Å²) in [4.78, 5) is 10.8. The summed E-state index contributed by atoms with van der Waals surface area (Å²) in [6.07, 6.45) is 0.996. The molecule has 0 fully saturated rings. The molecule has 1 heterocycles. The maximum absolute atomic E-state index is 10.8. The second-order valence-electron chi connectivity index (χ2n) is 3.31. The Bertz CT molecular complexity index is 371. The van der Waals surface area contributed by atoms with E-state index < -0.39 is 5.97 Å². The molecule has 13 heavy (non-hydrogen) atoms. The van der Waals surface area contributed by atoms with Crippen molar-refractivity contribution in [3.8, 4) is 0 Å². The average molecular weight is 177 g/mol. The minimum atomic E-state index is -0.853. The molecule has 1 aliphatic heterocycles. The van der Waals surface area contributed by atoms with Crippen LogP contribution < -0.4 is 5.32 Å². The monoisotopic (exact) mass is 177 g/mol. The predicted octanol–water partition coefficient (Wildman–Crippen LogP) is 1.66. The normalized spacial score (nSPS) is 13.6. The molecule has 1 aromatic carbocycles. The van der Waals surface area contributed by atoms with Gasteiger partial charge in [-0.25, -0.2) is 4.79 Å². The Hall–Kier alpha value is -1.51. The molecule has 0 radical (unpaired) electrons. The number of carboxylic acids is 1. The third-order valence-corrected chi connectivity index (χ3v) is 2.39. The first kappa shape index (κ1) is 8.10. The first-order valence-corrected chi connectivity index (χ1v) is 4.29. The van der Waals surface area contributed by atoms with E-state index in [9.17, 15) is 4.79 Å². The van der Waals surface area contributed by atoms with Gasteiger partial charge in [-0.1, -0.05) is 6.07 Å². The summed E-state index contributed by atoms with van der Waals surface area (Å²) in [5.41, 5.74) is 3.44. The van der Waals surface area contributed by atoms with E-state index in [4.69, 9.17) is 5.11 Å². The molecule has 0 aromatic heterocycles. The Morgan fingerprint density at radius 2 is 2.31 bits per heavy atom. The van der Waals surface area contributed by atoms with Crippen molar-refractivity contribution >= 4 is 11.7 Å². The minimum Gasteiger partial charge on any atom is -0.478 e. The lowest BCUT2D eigenvalue weighted by atomic mass is 10.0. The van der Waals surface area contributed by atoms with Gasteiger partial charge in [0.1, 0.15) is 0 Å². The summed E-state index contributed by atoms with van der Waals surface area (Å²) in [5, 5.41) is 12.0. The maximum Gasteiger partial charge on any atom is 0.336 e. The molecular formula is C10H11NO2. The summed E-state index contributed by atoms with van der Waals surface area (Å²) in [5.74, 6) is -0.853. The van der Waals surface area contributed by atoms with E-state index in [-0.39, 0.29) is 0 Å². The molecular weight excluding hydrogens is 166 g/mol. The lowest BCUT2D eigenvalue weighted by Gasteiger charge is -2.04. The van der Waals surface area contributed by atoms with E-state index in [1.165, 1.54) is 5.56 Å². The van der Waals surface area contributed by atoms with E-state index in [0.29, 0.717) is 5.56 Å². The smallest absolute Gasteiger partial charge is 0.336 e. The van der Waals surface area contributed by atoms with Gasteiger partial charge in [0.2, 0.25) is 0 Å². The Morgan fingerprint density at radius 1 is 1.54 bits per heavy atom. The number of carboxylic acid groups (broad SMARTS) is 1. The Labute approximate surface area is 76.4 Å². The first-order valence-electron chi connectivity index (χ1n) is 4.29. The number of aryl methyl sites for hydroxylation is 1. The van der Waals surface area contributed by atoms with Crippen molar-refractivity contribution in [1.29, 1.82) is 0 Å². The Kier molecular flexibility index (Phi) is 1.72. The maximum atomic E-state index is 10.8. The molecule has 0 spiro atoms. The third kappa shape index (κ3) is 1.26. The van der Waals surface area contributed by atoms with Crippen molar-refractivity contribution in [2.24, 2.45) is 0 Å². The van der Waals surface area contributed by atoms with Gasteiger partial charge in [-0.15, -0.1) is 0 Å². The highest BCUT2D eigenvalue weighted by Crippen LogP contribution is 2.25. The van der Waals surface area contributed by atoms with Crippen molar-refractivity contribution in [2.75, 3.05) is 11.9 Å². The zero-order chi connectivity index (χ0) is 9.42. The van der Waals surface area contributed by atoms with Gasteiger partial charge in [-0.05, 0) is 30.5 Å². The highest BCUT2D eigenvalue weighted by molar-refractivity contribution is 5.91. The number of rotatable bonds is 1. The number of nitrogens with one attached hydrogen (secondary N) is 1. The molecule has 3 heteroatoms. The van der Waals surface area contributed by atoms with Gasteiger partial charge in [0.15, 0.2) is 0 Å². The number of carbonyl (C=O) groups is 1. The largest absolute Gasteiger partial charge is 0.478 e. The molecule has 2 rings (SSSR count). The first-order chi connectivity index (χ1) is 6.18. The molecule has 0 atom stereocenters. The Morgan fingerprint density at radius 3 is 3.00 bits per heavy atom. The van der Waals surface area contributed by atoms with Crippen molar-refractivity contribution < 1.29 is 9.90 Å². The highest BCUT2D eigenvalue weighted by atomic mass is 16.4. The lowest BCUT2D eigenvalue weighted by Crippen LogP contribution is -2.00. The second-order valence-corrected chi connectivity index (χ2v) is 3.31. The molecule has 0 unspecified atom stereocenters. The van der Waals surface area contributed by atoms with Crippen LogP contribution in [0.2, 0.25) is 0 Å². The van der Waals surface area contributed by atoms with Crippen molar-refractivity contribution in [3.05, 3.63) is 28.8 Å². The molecule has 0 aliphatic carbocycles. The van der Waals surface area contributed by atoms with E-state index in [0.717, 1.165) is 24.2 Å². The minimum absolute atomic E-state index is 0.396. The van der Waals surface area contributed by atoms with Crippen LogP contribution in [0.3, 0.4) is 0 Å². The second kappa shape index (κ2) is 2.76. The number of benzene rings is 1. The molecule has 2 N–H and O–H groups in total. The predicted molar refractivity (Wildman–Crippen MR) is 50.3 cm³/mol. The van der Waals surface area contributed by atoms with Crippen LogP contribution in [0.5, 0.6) is 0 Å². The number of hydrogen-bond acceptors (Lipinski definition) is 2. The molecule has 1 aromatic rings. The van der Waals surface area contributed by atoms with Gasteiger partial charge in [-0.2, -0.15) is 0 Å². The van der Waals surface area contributed by atoms with Crippen LogP contribution in [0.1, 0.15) is 21.5 Å². The van der Waals surface area contributed by atoms with Crippen molar-refractivity contribution in [1.82, 2.24) is 0 Å². The van der Waals surface area contributed by atoms with Crippen LogP contribution in [0.4, 0.5) is 5.69 Å². The lowest BCUT2D eigenvalue weighted by molar-refractivity contribution is 0.0696. The number of fused-ring (bicyclic) bond motifs is 1. The van der Waals surface area contributed by atoms with E-state index in [1.807, 2.05) is 13.0 Å². The Balaban J connectivity index is 2.55. The fourth-order valence-corrected chi connectivity index (χ4v) is 1.70. The summed E-state index contributed by atoms with van der Waals surface area (Å²) in [6, 6.07) is 3.68. The van der Waals surface area contributed by atoms with Gasteiger partial charge >= 0.3 is 5.97 Å². The van der Waals surface area contributed by atoms with E-state index in [2.05, 4.69) is 5.32 Å². The van der Waals surface area contributed by atoms with Crippen LogP contribution in [0.15, 0.2) is 12.1 Å². The SMILES string of the molecule is Cc1cc2c(cc1C(=O)O)NCC2. The highest BCUT2D eigenvalue weighted by Gasteiger charge is 2.15. The van der Waals surface area contributed by atoms with Crippen LogP contribution in [-0.4, -0.2) is 17.6 Å². The van der Waals surface area contributed by atoms with Crippen LogP contribution in [0.25, 0.3) is 0 Å². The van der Waals surface area contributed by atoms with Crippen molar-refractivity contribution in [2.45, 2.75) is 13.3 Å². The van der Waals surface area contributed by atoms with Crippen LogP contribution >= 0.6 is 0 Å². The molecule has 68 valence electrons. The molecule has 0 amide bonds. The zero-order valence-corrected chi connectivity index (χ0v) is 7.42. The average Bonchev–Trinajstić information content (AvgIpc) is 2.48. The summed E-state index contributed by atoms with van der Waals surface area (Å²) in [7, 11) is 0. The fraction of sp³-hybridized carbons (Fsp3) is 0.300. The molecule has 0 saturated carbocycles. The van der Waals surface area contributed by atoms with E-state index in [1.54, 1.807) is 6.07 Å². The number of aromatic carboxylic acids is 1. The molecule has 3 nitrogen and oxygen atoms in total. The van der Waals surface area contributed by atoms with Gasteiger partial charge in [0, 0.05) is 12.2 Å². The fourth-order valence-electron chi connectivity index (χ4n) is 1.70. The van der Waals surface area contributed by atoms with Gasteiger partial charge in [-0.3, -0.25) is 0 Å². The summed E-state index contributed by atoms with van der Waals surface area (Å²) >= 11 is 0. The molecule has 0 saturated heterocycles.